The van der Waals surface area contributed by atoms with Gasteiger partial charge in [0.1, 0.15) is 24.4 Å². The Kier molecular flexibility index (Phi) is 13.4. The number of ether oxygens (including phenoxy) is 3. The lowest BCUT2D eigenvalue weighted by Gasteiger charge is -2.30. The van der Waals surface area contributed by atoms with Crippen LogP contribution in [-0.2, 0) is 23.9 Å². The number of amides is 4. The summed E-state index contributed by atoms with van der Waals surface area (Å²) in [6, 6.07) is 4.81. The van der Waals surface area contributed by atoms with E-state index in [4.69, 9.17) is 14.2 Å². The molecule has 3 N–H and O–H groups in total. The highest BCUT2D eigenvalue weighted by Gasteiger charge is 2.31. The summed E-state index contributed by atoms with van der Waals surface area (Å²) >= 11 is 0. The smallest absolute Gasteiger partial charge is 0.255 e. The van der Waals surface area contributed by atoms with Crippen LogP contribution in [0.2, 0.25) is 0 Å². The van der Waals surface area contributed by atoms with E-state index in [-0.39, 0.29) is 49.7 Å². The highest BCUT2D eigenvalue weighted by atomic mass is 16.5. The Hall–Kier alpha value is -3.18. The number of carbonyl (C=O) groups excluding carboxylic acids is 4. The fraction of sp³-hybridized carbons (Fsp3) is 0.667. The Bertz CT molecular complexity index is 1010. The SMILES string of the molecule is CCCCN1CCOc2ccccc2C(=O)N[C@H](C(=O)NCCOCC2CCCO2)CC(=O)N[C@@H](CC(C)C)C1=O. The van der Waals surface area contributed by atoms with Gasteiger partial charge in [0.05, 0.1) is 37.8 Å². The van der Waals surface area contributed by atoms with Crippen LogP contribution in [0.1, 0.15) is 69.7 Å². The molecule has 4 amide bonds. The van der Waals surface area contributed by atoms with E-state index in [0.29, 0.717) is 31.9 Å². The van der Waals surface area contributed by atoms with Crippen LogP contribution in [0.25, 0.3) is 0 Å². The van der Waals surface area contributed by atoms with Gasteiger partial charge in [-0.3, -0.25) is 19.2 Å². The Labute approximate surface area is 243 Å². The minimum Gasteiger partial charge on any atom is -0.491 e. The van der Waals surface area contributed by atoms with Gasteiger partial charge in [0, 0.05) is 19.7 Å². The minimum atomic E-state index is -1.16. The molecule has 1 saturated heterocycles. The lowest BCUT2D eigenvalue weighted by atomic mass is 10.0. The van der Waals surface area contributed by atoms with Gasteiger partial charge in [0.15, 0.2) is 0 Å². The van der Waals surface area contributed by atoms with E-state index in [0.717, 1.165) is 32.3 Å². The zero-order chi connectivity index (χ0) is 29.6. The molecular formula is C30H46N4O7. The van der Waals surface area contributed by atoms with Crippen LogP contribution in [-0.4, -0.2) is 92.8 Å². The number of hydrogen-bond donors (Lipinski definition) is 3. The quantitative estimate of drug-likeness (QED) is 0.344. The van der Waals surface area contributed by atoms with Crippen molar-refractivity contribution < 1.29 is 33.4 Å². The number of nitrogens with zero attached hydrogens (tertiary/aromatic N) is 1. The Morgan fingerprint density at radius 3 is 2.71 bits per heavy atom. The van der Waals surface area contributed by atoms with Crippen molar-refractivity contribution in [2.75, 3.05) is 46.1 Å². The highest BCUT2D eigenvalue weighted by molar-refractivity contribution is 6.01. The summed E-state index contributed by atoms with van der Waals surface area (Å²) in [5.41, 5.74) is 0.242. The average Bonchev–Trinajstić information content (AvgIpc) is 3.46. The van der Waals surface area contributed by atoms with E-state index < -0.39 is 29.8 Å². The second-order valence-corrected chi connectivity index (χ2v) is 11.0. The van der Waals surface area contributed by atoms with Crippen LogP contribution in [0.5, 0.6) is 5.75 Å². The van der Waals surface area contributed by atoms with Crippen molar-refractivity contribution in [3.8, 4) is 5.75 Å². The number of carbonyl (C=O) groups is 4. The first-order valence-electron chi connectivity index (χ1n) is 14.9. The summed E-state index contributed by atoms with van der Waals surface area (Å²) in [5.74, 6) is -1.23. The molecule has 1 aromatic carbocycles. The maximum Gasteiger partial charge on any atom is 0.255 e. The lowest BCUT2D eigenvalue weighted by Crippen LogP contribution is -2.53. The van der Waals surface area contributed by atoms with Crippen molar-refractivity contribution in [2.24, 2.45) is 5.92 Å². The van der Waals surface area contributed by atoms with Gasteiger partial charge < -0.3 is 35.1 Å². The number of nitrogens with one attached hydrogen (secondary N) is 3. The average molecular weight is 575 g/mol. The van der Waals surface area contributed by atoms with Crippen LogP contribution in [0, 0.1) is 5.92 Å². The largest absolute Gasteiger partial charge is 0.491 e. The summed E-state index contributed by atoms with van der Waals surface area (Å²) in [5, 5.41) is 8.30. The van der Waals surface area contributed by atoms with Crippen LogP contribution >= 0.6 is 0 Å². The first-order valence-corrected chi connectivity index (χ1v) is 14.9. The zero-order valence-corrected chi connectivity index (χ0v) is 24.6. The minimum absolute atomic E-state index is 0.0787. The third-order valence-corrected chi connectivity index (χ3v) is 7.07. The molecule has 2 aliphatic heterocycles. The molecule has 0 saturated carbocycles. The van der Waals surface area contributed by atoms with Crippen LogP contribution in [0.4, 0.5) is 0 Å². The molecule has 2 aliphatic rings. The van der Waals surface area contributed by atoms with Gasteiger partial charge in [0.25, 0.3) is 5.91 Å². The molecule has 3 rings (SSSR count). The van der Waals surface area contributed by atoms with E-state index in [1.54, 1.807) is 29.2 Å². The summed E-state index contributed by atoms with van der Waals surface area (Å²) in [6.45, 7) is 8.72. The molecule has 228 valence electrons. The van der Waals surface area contributed by atoms with Crippen LogP contribution < -0.4 is 20.7 Å². The second kappa shape index (κ2) is 16.9. The Morgan fingerprint density at radius 1 is 1.17 bits per heavy atom. The van der Waals surface area contributed by atoms with Gasteiger partial charge in [-0.1, -0.05) is 39.3 Å². The maximum absolute atomic E-state index is 13.6. The molecule has 0 radical (unpaired) electrons. The summed E-state index contributed by atoms with van der Waals surface area (Å²) < 4.78 is 17.1. The van der Waals surface area contributed by atoms with Gasteiger partial charge in [-0.15, -0.1) is 0 Å². The number of para-hydroxylation sites is 1. The van der Waals surface area contributed by atoms with Crippen molar-refractivity contribution in [3.05, 3.63) is 29.8 Å². The number of unbranched alkanes of at least 4 members (excludes halogenated alkanes) is 1. The molecule has 11 nitrogen and oxygen atoms in total. The first-order chi connectivity index (χ1) is 19.8. The molecule has 41 heavy (non-hydrogen) atoms. The van der Waals surface area contributed by atoms with E-state index >= 15 is 0 Å². The highest BCUT2D eigenvalue weighted by Crippen LogP contribution is 2.19. The number of hydrogen-bond acceptors (Lipinski definition) is 7. The van der Waals surface area contributed by atoms with Gasteiger partial charge in [-0.2, -0.15) is 0 Å². The Morgan fingerprint density at radius 2 is 1.98 bits per heavy atom. The second-order valence-electron chi connectivity index (χ2n) is 11.0. The van der Waals surface area contributed by atoms with Crippen molar-refractivity contribution in [1.29, 1.82) is 0 Å². The Balaban J connectivity index is 1.76. The van der Waals surface area contributed by atoms with Gasteiger partial charge in [0.2, 0.25) is 17.7 Å². The summed E-state index contributed by atoms with van der Waals surface area (Å²) in [6.07, 6.45) is 3.89. The normalized spacial score (nSPS) is 22.4. The van der Waals surface area contributed by atoms with E-state index in [1.807, 2.05) is 13.8 Å². The standard InChI is InChI=1S/C30H46N4O7/c1-4-5-13-34-14-17-41-26-11-7-6-10-23(26)28(36)33-24(19-27(35)32-25(30(34)38)18-21(2)3)29(37)31-12-16-39-20-22-9-8-15-40-22/h6-7,10-11,21-22,24-25H,4-5,8-9,12-20H2,1-3H3,(H,31,37)(H,32,35)(H,33,36)/t22?,24-,25-/m0/s1. The van der Waals surface area contributed by atoms with Gasteiger partial charge in [-0.25, -0.2) is 0 Å². The van der Waals surface area contributed by atoms with Crippen molar-refractivity contribution >= 4 is 23.6 Å². The molecule has 0 aliphatic carbocycles. The monoisotopic (exact) mass is 574 g/mol. The third-order valence-electron chi connectivity index (χ3n) is 7.07. The number of benzene rings is 1. The molecule has 2 heterocycles. The molecule has 1 unspecified atom stereocenters. The van der Waals surface area contributed by atoms with Crippen molar-refractivity contribution in [2.45, 2.75) is 77.5 Å². The molecule has 11 heteroatoms. The molecule has 0 spiro atoms. The van der Waals surface area contributed by atoms with Crippen LogP contribution in [0.3, 0.4) is 0 Å². The molecule has 1 aromatic rings. The predicted octanol–water partition coefficient (Wildman–Crippen LogP) is 2.04. The molecule has 3 atom stereocenters. The number of rotatable bonds is 11. The number of fused-ring (bicyclic) bond motifs is 1. The molecular weight excluding hydrogens is 528 g/mol. The molecule has 1 fully saturated rings. The fourth-order valence-corrected chi connectivity index (χ4v) is 4.88. The van der Waals surface area contributed by atoms with Crippen LogP contribution in [0.15, 0.2) is 24.3 Å². The van der Waals surface area contributed by atoms with Gasteiger partial charge in [-0.05, 0) is 43.7 Å². The third kappa shape index (κ3) is 10.6. The van der Waals surface area contributed by atoms with E-state index in [9.17, 15) is 19.2 Å². The lowest BCUT2D eigenvalue weighted by molar-refractivity contribution is -0.137. The van der Waals surface area contributed by atoms with E-state index in [2.05, 4.69) is 22.9 Å². The summed E-state index contributed by atoms with van der Waals surface area (Å²) in [4.78, 5) is 55.0. The molecule has 0 aromatic heterocycles. The van der Waals surface area contributed by atoms with Crippen molar-refractivity contribution in [3.63, 3.8) is 0 Å². The fourth-order valence-electron chi connectivity index (χ4n) is 4.88. The predicted molar refractivity (Wildman–Crippen MR) is 153 cm³/mol. The van der Waals surface area contributed by atoms with Gasteiger partial charge >= 0.3 is 0 Å². The topological polar surface area (TPSA) is 135 Å². The summed E-state index contributed by atoms with van der Waals surface area (Å²) in [7, 11) is 0. The maximum atomic E-state index is 13.6. The zero-order valence-electron chi connectivity index (χ0n) is 24.6. The first kappa shape index (κ1) is 32.3. The molecule has 0 bridgehead atoms. The van der Waals surface area contributed by atoms with E-state index in [1.165, 1.54) is 0 Å². The van der Waals surface area contributed by atoms with Crippen molar-refractivity contribution in [1.82, 2.24) is 20.9 Å².